The van der Waals surface area contributed by atoms with Gasteiger partial charge in [0.1, 0.15) is 0 Å². The first-order valence-corrected chi connectivity index (χ1v) is 7.92. The van der Waals surface area contributed by atoms with E-state index < -0.39 is 0 Å². The van der Waals surface area contributed by atoms with Crippen LogP contribution in [0.4, 0.5) is 0 Å². The quantitative estimate of drug-likeness (QED) is 0.626. The molecule has 1 aromatic heterocycles. The Balaban J connectivity index is 2.03. The van der Waals surface area contributed by atoms with E-state index in [1.807, 2.05) is 24.3 Å². The van der Waals surface area contributed by atoms with Crippen molar-refractivity contribution < 1.29 is 9.21 Å². The number of nitrogens with zero attached hydrogens (tertiary/aromatic N) is 2. The van der Waals surface area contributed by atoms with Crippen LogP contribution in [0.25, 0.3) is 11.5 Å². The van der Waals surface area contributed by atoms with Crippen molar-refractivity contribution in [2.75, 3.05) is 6.54 Å². The van der Waals surface area contributed by atoms with Crippen LogP contribution in [0.2, 0.25) is 0 Å². The summed E-state index contributed by atoms with van der Waals surface area (Å²) in [5, 5.41) is 10.7. The highest BCUT2D eigenvalue weighted by atomic mass is 79.9. The van der Waals surface area contributed by atoms with Crippen molar-refractivity contribution in [1.82, 2.24) is 15.5 Å². The number of halogens is 1. The molecule has 2 aromatic rings. The van der Waals surface area contributed by atoms with Crippen molar-refractivity contribution in [3.8, 4) is 11.5 Å². The second-order valence-electron chi connectivity index (χ2n) is 4.18. The molecule has 0 aliphatic carbocycles. The van der Waals surface area contributed by atoms with Gasteiger partial charge in [-0.25, -0.2) is 0 Å². The summed E-state index contributed by atoms with van der Waals surface area (Å²) < 4.78 is 6.50. The molecule has 5 nitrogen and oxygen atoms in total. The van der Waals surface area contributed by atoms with Crippen LogP contribution < -0.4 is 5.32 Å². The zero-order valence-electron chi connectivity index (χ0n) is 11.4. The maximum Gasteiger partial charge on any atom is 0.277 e. The van der Waals surface area contributed by atoms with E-state index in [2.05, 4.69) is 38.0 Å². The molecule has 21 heavy (non-hydrogen) atoms. The lowest BCUT2D eigenvalue weighted by Gasteiger charge is -2.07. The van der Waals surface area contributed by atoms with E-state index in [0.29, 0.717) is 17.7 Å². The topological polar surface area (TPSA) is 68.0 Å². The van der Waals surface area contributed by atoms with Gasteiger partial charge in [0.05, 0.1) is 5.25 Å². The monoisotopic (exact) mass is 367 g/mol. The molecule has 0 bridgehead atoms. The Kier molecular flexibility index (Phi) is 5.58. The summed E-state index contributed by atoms with van der Waals surface area (Å²) in [5.74, 6) is 0.333. The number of thioether (sulfide) groups is 1. The van der Waals surface area contributed by atoms with Crippen LogP contribution in [-0.4, -0.2) is 27.9 Å². The first-order chi connectivity index (χ1) is 10.1. The van der Waals surface area contributed by atoms with Gasteiger partial charge in [-0.1, -0.05) is 39.8 Å². The normalized spacial score (nSPS) is 11.9. The third-order valence-corrected chi connectivity index (χ3v) is 3.97. The van der Waals surface area contributed by atoms with Crippen LogP contribution in [-0.2, 0) is 4.79 Å². The molecule has 7 heteroatoms. The summed E-state index contributed by atoms with van der Waals surface area (Å²) in [4.78, 5) is 11.8. The van der Waals surface area contributed by atoms with Gasteiger partial charge in [0.2, 0.25) is 11.8 Å². The van der Waals surface area contributed by atoms with Crippen LogP contribution in [0.15, 0.2) is 51.0 Å². The number of amides is 1. The fraction of sp³-hybridized carbons (Fsp3) is 0.214. The first kappa shape index (κ1) is 15.8. The van der Waals surface area contributed by atoms with Crippen LogP contribution in [0, 0.1) is 0 Å². The fourth-order valence-electron chi connectivity index (χ4n) is 1.52. The SMILES string of the molecule is C=CCNC(=O)[C@H](C)Sc1nnc(-c2cccc(Br)c2)o1. The molecule has 1 N–H and O–H groups in total. The fourth-order valence-corrected chi connectivity index (χ4v) is 2.62. The summed E-state index contributed by atoms with van der Waals surface area (Å²) in [7, 11) is 0. The molecule has 0 radical (unpaired) electrons. The van der Waals surface area contributed by atoms with Crippen molar-refractivity contribution in [3.63, 3.8) is 0 Å². The number of benzene rings is 1. The maximum atomic E-state index is 11.8. The molecule has 0 saturated carbocycles. The lowest BCUT2D eigenvalue weighted by Crippen LogP contribution is -2.30. The van der Waals surface area contributed by atoms with Gasteiger partial charge in [0.25, 0.3) is 5.22 Å². The van der Waals surface area contributed by atoms with Gasteiger partial charge in [-0.2, -0.15) is 0 Å². The van der Waals surface area contributed by atoms with Crippen LogP contribution in [0.3, 0.4) is 0 Å². The number of carbonyl (C=O) groups excluding carboxylic acids is 1. The number of nitrogens with one attached hydrogen (secondary N) is 1. The van der Waals surface area contributed by atoms with E-state index in [0.717, 1.165) is 10.0 Å². The summed E-state index contributed by atoms with van der Waals surface area (Å²) >= 11 is 4.62. The number of hydrogen-bond donors (Lipinski definition) is 1. The third kappa shape index (κ3) is 4.44. The highest BCUT2D eigenvalue weighted by Crippen LogP contribution is 2.27. The van der Waals surface area contributed by atoms with Gasteiger partial charge in [-0.05, 0) is 25.1 Å². The van der Waals surface area contributed by atoms with Crippen LogP contribution in [0.5, 0.6) is 0 Å². The Hall–Kier alpha value is -1.60. The largest absolute Gasteiger partial charge is 0.411 e. The van der Waals surface area contributed by atoms with Crippen molar-refractivity contribution in [2.24, 2.45) is 0 Å². The molecule has 110 valence electrons. The molecular weight excluding hydrogens is 354 g/mol. The summed E-state index contributed by atoms with van der Waals surface area (Å²) in [5.41, 5.74) is 0.826. The Morgan fingerprint density at radius 3 is 3.10 bits per heavy atom. The lowest BCUT2D eigenvalue weighted by molar-refractivity contribution is -0.120. The first-order valence-electron chi connectivity index (χ1n) is 6.25. The van der Waals surface area contributed by atoms with E-state index in [4.69, 9.17) is 4.42 Å². The Labute approximate surface area is 135 Å². The zero-order chi connectivity index (χ0) is 15.2. The van der Waals surface area contributed by atoms with Gasteiger partial charge < -0.3 is 9.73 Å². The van der Waals surface area contributed by atoms with E-state index in [1.165, 1.54) is 11.8 Å². The van der Waals surface area contributed by atoms with Crippen molar-refractivity contribution in [1.29, 1.82) is 0 Å². The summed E-state index contributed by atoms with van der Waals surface area (Å²) in [6, 6.07) is 7.58. The Morgan fingerprint density at radius 1 is 1.57 bits per heavy atom. The predicted octanol–water partition coefficient (Wildman–Crippen LogP) is 3.28. The Bertz CT molecular complexity index is 645. The number of hydrogen-bond acceptors (Lipinski definition) is 5. The molecular formula is C14H14BrN3O2S. The molecule has 2 rings (SSSR count). The third-order valence-electron chi connectivity index (χ3n) is 2.55. The predicted molar refractivity (Wildman–Crippen MR) is 86.0 cm³/mol. The molecule has 0 unspecified atom stereocenters. The van der Waals surface area contributed by atoms with Crippen LogP contribution >= 0.6 is 27.7 Å². The summed E-state index contributed by atoms with van der Waals surface area (Å²) in [6.07, 6.45) is 1.63. The van der Waals surface area contributed by atoms with Crippen molar-refractivity contribution in [3.05, 3.63) is 41.4 Å². The molecule has 0 aliphatic heterocycles. The van der Waals surface area contributed by atoms with Crippen molar-refractivity contribution >= 4 is 33.6 Å². The average molecular weight is 368 g/mol. The number of aromatic nitrogens is 2. The molecule has 0 aliphatic rings. The summed E-state index contributed by atoms with van der Waals surface area (Å²) in [6.45, 7) is 5.78. The zero-order valence-corrected chi connectivity index (χ0v) is 13.8. The number of carbonyl (C=O) groups is 1. The molecule has 1 aromatic carbocycles. The van der Waals surface area contributed by atoms with Gasteiger partial charge in [-0.15, -0.1) is 16.8 Å². The van der Waals surface area contributed by atoms with Crippen LogP contribution in [0.1, 0.15) is 6.92 Å². The highest BCUT2D eigenvalue weighted by molar-refractivity contribution is 9.10. The number of rotatable bonds is 6. The maximum absolute atomic E-state index is 11.8. The van der Waals surface area contributed by atoms with E-state index in [1.54, 1.807) is 13.0 Å². The van der Waals surface area contributed by atoms with Gasteiger partial charge in [-0.3, -0.25) is 4.79 Å². The smallest absolute Gasteiger partial charge is 0.277 e. The minimum atomic E-state index is -0.319. The van der Waals surface area contributed by atoms with E-state index in [-0.39, 0.29) is 11.2 Å². The molecule has 1 atom stereocenters. The van der Waals surface area contributed by atoms with Gasteiger partial charge in [0, 0.05) is 16.6 Å². The second kappa shape index (κ2) is 7.42. The minimum Gasteiger partial charge on any atom is -0.411 e. The second-order valence-corrected chi connectivity index (χ2v) is 6.39. The van der Waals surface area contributed by atoms with Crippen molar-refractivity contribution in [2.45, 2.75) is 17.4 Å². The average Bonchev–Trinajstić information content (AvgIpc) is 2.93. The highest BCUT2D eigenvalue weighted by Gasteiger charge is 2.18. The molecule has 0 fully saturated rings. The standard InChI is InChI=1S/C14H14BrN3O2S/c1-3-7-16-12(19)9(2)21-14-18-17-13(20-14)10-5-4-6-11(15)8-10/h3-6,8-9H,1,7H2,2H3,(H,16,19)/t9-/m0/s1. The van der Waals surface area contributed by atoms with Gasteiger partial charge >= 0.3 is 0 Å². The van der Waals surface area contributed by atoms with Gasteiger partial charge in [0.15, 0.2) is 0 Å². The molecule has 0 saturated heterocycles. The molecule has 0 spiro atoms. The minimum absolute atomic E-state index is 0.0953. The van der Waals surface area contributed by atoms with E-state index in [9.17, 15) is 4.79 Å². The van der Waals surface area contributed by atoms with E-state index >= 15 is 0 Å². The molecule has 1 amide bonds. The Morgan fingerprint density at radius 2 is 2.38 bits per heavy atom. The lowest BCUT2D eigenvalue weighted by atomic mass is 10.2. The molecule has 1 heterocycles.